The lowest BCUT2D eigenvalue weighted by atomic mass is 10.1. The van der Waals surface area contributed by atoms with Crippen LogP contribution in [-0.4, -0.2) is 42.0 Å². The number of nitrogens with one attached hydrogen (secondary N) is 1. The molecule has 1 aromatic heterocycles. The van der Waals surface area contributed by atoms with Crippen molar-refractivity contribution in [3.05, 3.63) is 83.7 Å². The van der Waals surface area contributed by atoms with E-state index in [1.807, 2.05) is 29.2 Å². The zero-order valence-electron chi connectivity index (χ0n) is 16.9. The first-order valence-corrected chi connectivity index (χ1v) is 9.99. The molecular weight excluding hydrogens is 360 g/mol. The highest BCUT2D eigenvalue weighted by Crippen LogP contribution is 2.23. The van der Waals surface area contributed by atoms with Crippen molar-refractivity contribution in [2.45, 2.75) is 13.8 Å². The van der Waals surface area contributed by atoms with E-state index in [1.54, 1.807) is 12.4 Å². The Morgan fingerprint density at radius 3 is 2.45 bits per heavy atom. The van der Waals surface area contributed by atoms with Gasteiger partial charge in [-0.1, -0.05) is 30.3 Å². The average Bonchev–Trinajstić information content (AvgIpc) is 2.77. The number of nitrogens with zero attached hydrogens (tertiary/aromatic N) is 3. The molecule has 3 aromatic rings. The fourth-order valence-electron chi connectivity index (χ4n) is 3.64. The Labute approximate surface area is 172 Å². The molecule has 1 aliphatic heterocycles. The van der Waals surface area contributed by atoms with Crippen molar-refractivity contribution in [1.29, 1.82) is 0 Å². The molecule has 0 saturated carbocycles. The molecule has 1 aliphatic rings. The smallest absolute Gasteiger partial charge is 0.255 e. The van der Waals surface area contributed by atoms with E-state index in [2.05, 4.69) is 59.4 Å². The molecule has 0 radical (unpaired) electrons. The molecule has 0 atom stereocenters. The van der Waals surface area contributed by atoms with Crippen molar-refractivity contribution in [2.24, 2.45) is 0 Å². The van der Waals surface area contributed by atoms with Crippen LogP contribution < -0.4 is 10.2 Å². The lowest BCUT2D eigenvalue weighted by Crippen LogP contribution is -2.48. The number of aromatic nitrogens is 1. The van der Waals surface area contributed by atoms with E-state index >= 15 is 0 Å². The van der Waals surface area contributed by atoms with E-state index in [-0.39, 0.29) is 5.91 Å². The Kier molecular flexibility index (Phi) is 5.47. The standard InChI is InChI=1S/C24H26N4O/c1-18-8-9-19(2)23(14-18)26-21-15-20(16-25-17-21)24(29)28-12-10-27(11-13-28)22-6-4-3-5-7-22/h3-9,14-17,26H,10-13H2,1-2H3. The van der Waals surface area contributed by atoms with Crippen LogP contribution in [0.3, 0.4) is 0 Å². The van der Waals surface area contributed by atoms with E-state index in [9.17, 15) is 4.79 Å². The van der Waals surface area contributed by atoms with E-state index in [1.165, 1.54) is 11.3 Å². The summed E-state index contributed by atoms with van der Waals surface area (Å²) in [6.07, 6.45) is 3.41. The highest BCUT2D eigenvalue weighted by Gasteiger charge is 2.22. The van der Waals surface area contributed by atoms with Gasteiger partial charge < -0.3 is 15.1 Å². The van der Waals surface area contributed by atoms with E-state index in [0.29, 0.717) is 18.7 Å². The lowest BCUT2D eigenvalue weighted by molar-refractivity contribution is 0.0746. The van der Waals surface area contributed by atoms with Gasteiger partial charge >= 0.3 is 0 Å². The highest BCUT2D eigenvalue weighted by molar-refractivity contribution is 5.95. The summed E-state index contributed by atoms with van der Waals surface area (Å²) >= 11 is 0. The van der Waals surface area contributed by atoms with Gasteiger partial charge in [-0.3, -0.25) is 9.78 Å². The summed E-state index contributed by atoms with van der Waals surface area (Å²) in [4.78, 5) is 21.5. The molecule has 1 amide bonds. The third-order valence-corrected chi connectivity index (χ3v) is 5.35. The van der Waals surface area contributed by atoms with Gasteiger partial charge in [0.25, 0.3) is 5.91 Å². The minimum atomic E-state index is 0.0369. The average molecular weight is 386 g/mol. The molecule has 1 saturated heterocycles. The maximum absolute atomic E-state index is 13.0. The molecule has 5 nitrogen and oxygen atoms in total. The zero-order valence-corrected chi connectivity index (χ0v) is 16.9. The molecule has 148 valence electrons. The number of pyridine rings is 1. The predicted molar refractivity (Wildman–Crippen MR) is 118 cm³/mol. The van der Waals surface area contributed by atoms with Crippen LogP contribution >= 0.6 is 0 Å². The number of hydrogen-bond acceptors (Lipinski definition) is 4. The predicted octanol–water partition coefficient (Wildman–Crippen LogP) is 4.40. The van der Waals surface area contributed by atoms with Crippen LogP contribution in [0.25, 0.3) is 0 Å². The van der Waals surface area contributed by atoms with Gasteiger partial charge in [-0.05, 0) is 49.2 Å². The fraction of sp³-hybridized carbons (Fsp3) is 0.250. The SMILES string of the molecule is Cc1ccc(C)c(Nc2cncc(C(=O)N3CCN(c4ccccc4)CC3)c2)c1. The van der Waals surface area contributed by atoms with E-state index in [0.717, 1.165) is 30.0 Å². The summed E-state index contributed by atoms with van der Waals surface area (Å²) in [6, 6.07) is 18.5. The molecule has 0 bridgehead atoms. The Balaban J connectivity index is 1.43. The summed E-state index contributed by atoms with van der Waals surface area (Å²) in [6.45, 7) is 7.23. The van der Waals surface area contributed by atoms with Gasteiger partial charge in [0.05, 0.1) is 17.4 Å². The van der Waals surface area contributed by atoms with Crippen molar-refractivity contribution in [1.82, 2.24) is 9.88 Å². The number of hydrogen-bond donors (Lipinski definition) is 1. The number of carbonyl (C=O) groups excluding carboxylic acids is 1. The van der Waals surface area contributed by atoms with E-state index < -0.39 is 0 Å². The van der Waals surface area contributed by atoms with Crippen LogP contribution in [0.1, 0.15) is 21.5 Å². The topological polar surface area (TPSA) is 48.5 Å². The van der Waals surface area contributed by atoms with Crippen molar-refractivity contribution in [2.75, 3.05) is 36.4 Å². The molecule has 29 heavy (non-hydrogen) atoms. The largest absolute Gasteiger partial charge is 0.368 e. The number of aryl methyl sites for hydroxylation is 2. The number of carbonyl (C=O) groups is 1. The lowest BCUT2D eigenvalue weighted by Gasteiger charge is -2.36. The molecule has 0 unspecified atom stereocenters. The molecule has 5 heteroatoms. The van der Waals surface area contributed by atoms with Crippen LogP contribution in [-0.2, 0) is 0 Å². The van der Waals surface area contributed by atoms with Crippen LogP contribution in [0.15, 0.2) is 67.0 Å². The first kappa shape index (κ1) is 19.0. The zero-order chi connectivity index (χ0) is 20.2. The number of rotatable bonds is 4. The summed E-state index contributed by atoms with van der Waals surface area (Å²) in [7, 11) is 0. The van der Waals surface area contributed by atoms with Gasteiger partial charge in [0, 0.05) is 43.8 Å². The Morgan fingerprint density at radius 1 is 0.931 bits per heavy atom. The van der Waals surface area contributed by atoms with Gasteiger partial charge in [0.2, 0.25) is 0 Å². The second kappa shape index (κ2) is 8.35. The molecule has 0 spiro atoms. The van der Waals surface area contributed by atoms with Crippen LogP contribution in [0.5, 0.6) is 0 Å². The Morgan fingerprint density at radius 2 is 1.69 bits per heavy atom. The Bertz CT molecular complexity index is 995. The van der Waals surface area contributed by atoms with Gasteiger partial charge in [-0.15, -0.1) is 0 Å². The maximum atomic E-state index is 13.0. The number of para-hydroxylation sites is 1. The second-order valence-corrected chi connectivity index (χ2v) is 7.52. The molecular formula is C24H26N4O. The third kappa shape index (κ3) is 4.40. The van der Waals surface area contributed by atoms with Crippen molar-refractivity contribution >= 4 is 23.0 Å². The normalized spacial score (nSPS) is 14.0. The highest BCUT2D eigenvalue weighted by atomic mass is 16.2. The monoisotopic (exact) mass is 386 g/mol. The first-order chi connectivity index (χ1) is 14.1. The molecule has 4 rings (SSSR count). The number of amides is 1. The molecule has 1 N–H and O–H groups in total. The van der Waals surface area contributed by atoms with Gasteiger partial charge in [-0.25, -0.2) is 0 Å². The molecule has 1 fully saturated rings. The maximum Gasteiger partial charge on any atom is 0.255 e. The molecule has 0 aliphatic carbocycles. The van der Waals surface area contributed by atoms with Crippen molar-refractivity contribution < 1.29 is 4.79 Å². The first-order valence-electron chi connectivity index (χ1n) is 9.99. The van der Waals surface area contributed by atoms with Crippen LogP contribution in [0, 0.1) is 13.8 Å². The van der Waals surface area contributed by atoms with Gasteiger partial charge in [0.15, 0.2) is 0 Å². The quantitative estimate of drug-likeness (QED) is 0.722. The summed E-state index contributed by atoms with van der Waals surface area (Å²) < 4.78 is 0. The number of anilines is 3. The van der Waals surface area contributed by atoms with E-state index in [4.69, 9.17) is 0 Å². The molecule has 2 aromatic carbocycles. The van der Waals surface area contributed by atoms with Crippen molar-refractivity contribution in [3.63, 3.8) is 0 Å². The summed E-state index contributed by atoms with van der Waals surface area (Å²) in [5, 5.41) is 3.40. The van der Waals surface area contributed by atoms with Gasteiger partial charge in [0.1, 0.15) is 0 Å². The Hall–Kier alpha value is -3.34. The van der Waals surface area contributed by atoms with Crippen molar-refractivity contribution in [3.8, 4) is 0 Å². The third-order valence-electron chi connectivity index (χ3n) is 5.35. The number of piperazine rings is 1. The minimum Gasteiger partial charge on any atom is -0.368 e. The van der Waals surface area contributed by atoms with Crippen LogP contribution in [0.2, 0.25) is 0 Å². The summed E-state index contributed by atoms with van der Waals surface area (Å²) in [5.41, 5.74) is 6.04. The fourth-order valence-corrected chi connectivity index (χ4v) is 3.64. The number of benzene rings is 2. The van der Waals surface area contributed by atoms with Gasteiger partial charge in [-0.2, -0.15) is 0 Å². The second-order valence-electron chi connectivity index (χ2n) is 7.52. The molecule has 2 heterocycles. The summed E-state index contributed by atoms with van der Waals surface area (Å²) in [5.74, 6) is 0.0369. The van der Waals surface area contributed by atoms with Crippen LogP contribution in [0.4, 0.5) is 17.1 Å². The minimum absolute atomic E-state index is 0.0369.